The Morgan fingerprint density at radius 2 is 1.72 bits per heavy atom. The van der Waals surface area contributed by atoms with Crippen molar-refractivity contribution in [1.29, 1.82) is 0 Å². The van der Waals surface area contributed by atoms with Crippen molar-refractivity contribution in [2.45, 2.75) is 24.4 Å². The van der Waals surface area contributed by atoms with Gasteiger partial charge in [-0.3, -0.25) is 9.36 Å². The summed E-state index contributed by atoms with van der Waals surface area (Å²) in [5.74, 6) is 2.70. The van der Waals surface area contributed by atoms with E-state index in [2.05, 4.69) is 37.9 Å². The van der Waals surface area contributed by atoms with Gasteiger partial charge in [0.15, 0.2) is 5.16 Å². The van der Waals surface area contributed by atoms with Gasteiger partial charge in [0, 0.05) is 49.8 Å². The Morgan fingerprint density at radius 3 is 2.49 bits per heavy atom. The first kappa shape index (κ1) is 27.1. The second-order valence-corrected chi connectivity index (χ2v) is 10.9. The van der Waals surface area contributed by atoms with Gasteiger partial charge in [0.2, 0.25) is 5.91 Å². The largest absolute Gasteiger partial charge is 0.495 e. The lowest BCUT2D eigenvalue weighted by Gasteiger charge is -2.36. The quantitative estimate of drug-likeness (QED) is 0.182. The molecule has 1 fully saturated rings. The van der Waals surface area contributed by atoms with Crippen molar-refractivity contribution in [2.75, 3.05) is 43.9 Å². The lowest BCUT2D eigenvalue weighted by Crippen LogP contribution is -2.48. The molecule has 0 saturated carbocycles. The molecule has 5 rings (SSSR count). The number of carbonyl (C=O) groups is 1. The summed E-state index contributed by atoms with van der Waals surface area (Å²) < 4.78 is 7.58. The first-order valence-corrected chi connectivity index (χ1v) is 14.5. The summed E-state index contributed by atoms with van der Waals surface area (Å²) in [4.78, 5) is 17.2. The third-order valence-corrected chi connectivity index (χ3v) is 8.05. The highest BCUT2D eigenvalue weighted by molar-refractivity contribution is 7.99. The Hall–Kier alpha value is -3.49. The second-order valence-electron chi connectivity index (χ2n) is 9.37. The highest BCUT2D eigenvalue weighted by Crippen LogP contribution is 2.29. The van der Waals surface area contributed by atoms with Gasteiger partial charge in [0.1, 0.15) is 11.6 Å². The van der Waals surface area contributed by atoms with Crippen molar-refractivity contribution < 1.29 is 9.53 Å². The monoisotopic (exact) mass is 561 g/mol. The lowest BCUT2D eigenvalue weighted by molar-refractivity contribution is -0.131. The predicted octanol–water partition coefficient (Wildman–Crippen LogP) is 5.74. The number of carbonyl (C=O) groups excluding carboxylic acids is 1. The Kier molecular flexibility index (Phi) is 9.06. The van der Waals surface area contributed by atoms with E-state index in [1.165, 1.54) is 5.56 Å². The van der Waals surface area contributed by atoms with Gasteiger partial charge in [-0.05, 0) is 42.3 Å². The smallest absolute Gasteiger partial charge is 0.222 e. The maximum absolute atomic E-state index is 12.9. The summed E-state index contributed by atoms with van der Waals surface area (Å²) >= 11 is 7.93. The molecule has 1 aromatic heterocycles. The number of ether oxygens (including phenoxy) is 1. The summed E-state index contributed by atoms with van der Waals surface area (Å²) in [6.07, 6.45) is 1.96. The first-order chi connectivity index (χ1) is 19.1. The molecule has 1 aliphatic heterocycles. The fraction of sp³-hybridized carbons (Fsp3) is 0.300. The van der Waals surface area contributed by atoms with Crippen LogP contribution in [0.4, 0.5) is 5.69 Å². The third-order valence-electron chi connectivity index (χ3n) is 6.80. The SMILES string of the molecule is COc1ccccc1N1CCN(C(=O)CCCSc2nnc(Cc3ccccc3)n2-c2cccc(Cl)c2)CC1. The zero-order valence-electron chi connectivity index (χ0n) is 22.0. The predicted molar refractivity (Wildman–Crippen MR) is 157 cm³/mol. The van der Waals surface area contributed by atoms with Crippen LogP contribution in [0.25, 0.3) is 5.69 Å². The second kappa shape index (κ2) is 13.0. The van der Waals surface area contributed by atoms with Crippen LogP contribution in [0.1, 0.15) is 24.2 Å². The number of anilines is 1. The molecule has 0 aliphatic carbocycles. The summed E-state index contributed by atoms with van der Waals surface area (Å²) in [6.45, 7) is 3.04. The number of methoxy groups -OCH3 is 1. The van der Waals surface area contributed by atoms with E-state index in [0.29, 0.717) is 17.9 Å². The fourth-order valence-corrected chi connectivity index (χ4v) is 5.89. The van der Waals surface area contributed by atoms with Crippen LogP contribution in [-0.4, -0.2) is 64.6 Å². The molecule has 9 heteroatoms. The zero-order chi connectivity index (χ0) is 27.0. The summed E-state index contributed by atoms with van der Waals surface area (Å²) in [6, 6.07) is 26.0. The summed E-state index contributed by atoms with van der Waals surface area (Å²) in [5, 5.41) is 10.5. The number of nitrogens with zero attached hydrogens (tertiary/aromatic N) is 5. The molecular formula is C30H32ClN5O2S. The van der Waals surface area contributed by atoms with Crippen molar-refractivity contribution in [3.05, 3.63) is 95.3 Å². The molecule has 1 amide bonds. The number of thioether (sulfide) groups is 1. The van der Waals surface area contributed by atoms with E-state index in [0.717, 1.165) is 66.5 Å². The highest BCUT2D eigenvalue weighted by atomic mass is 35.5. The number of piperazine rings is 1. The van der Waals surface area contributed by atoms with Crippen LogP contribution in [0.15, 0.2) is 84.0 Å². The van der Waals surface area contributed by atoms with Crippen molar-refractivity contribution in [1.82, 2.24) is 19.7 Å². The van der Waals surface area contributed by atoms with E-state index in [4.69, 9.17) is 16.3 Å². The number of hydrogen-bond acceptors (Lipinski definition) is 6. The molecule has 1 aliphatic rings. The van der Waals surface area contributed by atoms with E-state index < -0.39 is 0 Å². The summed E-state index contributed by atoms with van der Waals surface area (Å²) in [5.41, 5.74) is 3.19. The standard InChI is InChI=1S/C30H32ClN5O2S/c1-38-27-14-6-5-13-26(27)34-16-18-35(19-17-34)29(37)15-8-20-39-30-33-32-28(21-23-9-3-2-4-10-23)36(30)25-12-7-11-24(31)22-25/h2-7,9-14,22H,8,15-21H2,1H3. The van der Waals surface area contributed by atoms with E-state index in [1.54, 1.807) is 18.9 Å². The van der Waals surface area contributed by atoms with Crippen LogP contribution in [-0.2, 0) is 11.2 Å². The van der Waals surface area contributed by atoms with Crippen molar-refractivity contribution in [3.8, 4) is 11.4 Å². The van der Waals surface area contributed by atoms with Gasteiger partial charge in [-0.2, -0.15) is 0 Å². The van der Waals surface area contributed by atoms with Gasteiger partial charge < -0.3 is 14.5 Å². The van der Waals surface area contributed by atoms with Crippen molar-refractivity contribution in [2.24, 2.45) is 0 Å². The topological polar surface area (TPSA) is 63.5 Å². The number of hydrogen-bond donors (Lipinski definition) is 0. The van der Waals surface area contributed by atoms with E-state index >= 15 is 0 Å². The molecule has 0 bridgehead atoms. The third kappa shape index (κ3) is 6.75. The van der Waals surface area contributed by atoms with Crippen LogP contribution < -0.4 is 9.64 Å². The molecule has 3 aromatic carbocycles. The molecule has 1 saturated heterocycles. The fourth-order valence-electron chi connectivity index (χ4n) is 4.79. The number of aromatic nitrogens is 3. The molecule has 202 valence electrons. The molecule has 0 spiro atoms. The van der Waals surface area contributed by atoms with Crippen LogP contribution in [0.3, 0.4) is 0 Å². The van der Waals surface area contributed by atoms with E-state index in [-0.39, 0.29) is 5.91 Å². The Bertz CT molecular complexity index is 1390. The van der Waals surface area contributed by atoms with E-state index in [1.807, 2.05) is 65.6 Å². The van der Waals surface area contributed by atoms with Crippen LogP contribution in [0, 0.1) is 0 Å². The molecule has 0 radical (unpaired) electrons. The summed E-state index contributed by atoms with van der Waals surface area (Å²) in [7, 11) is 1.69. The molecule has 7 nitrogen and oxygen atoms in total. The van der Waals surface area contributed by atoms with Crippen LogP contribution in [0.5, 0.6) is 5.75 Å². The van der Waals surface area contributed by atoms with Gasteiger partial charge in [0.25, 0.3) is 0 Å². The molecular weight excluding hydrogens is 530 g/mol. The Balaban J connectivity index is 1.16. The zero-order valence-corrected chi connectivity index (χ0v) is 23.6. The Labute approximate surface area is 238 Å². The van der Waals surface area contributed by atoms with Gasteiger partial charge >= 0.3 is 0 Å². The minimum Gasteiger partial charge on any atom is -0.495 e. The number of para-hydroxylation sites is 2. The minimum atomic E-state index is 0.205. The average Bonchev–Trinajstić information content (AvgIpc) is 3.37. The highest BCUT2D eigenvalue weighted by Gasteiger charge is 2.23. The molecule has 39 heavy (non-hydrogen) atoms. The number of benzene rings is 3. The molecule has 2 heterocycles. The van der Waals surface area contributed by atoms with Crippen LogP contribution in [0.2, 0.25) is 5.02 Å². The molecule has 0 unspecified atom stereocenters. The van der Waals surface area contributed by atoms with Crippen LogP contribution >= 0.6 is 23.4 Å². The minimum absolute atomic E-state index is 0.205. The number of halogens is 1. The average molecular weight is 562 g/mol. The maximum atomic E-state index is 12.9. The normalized spacial score (nSPS) is 13.5. The number of rotatable bonds is 10. The molecule has 0 atom stereocenters. The van der Waals surface area contributed by atoms with Crippen molar-refractivity contribution in [3.63, 3.8) is 0 Å². The lowest BCUT2D eigenvalue weighted by atomic mass is 10.1. The number of amides is 1. The first-order valence-electron chi connectivity index (χ1n) is 13.1. The Morgan fingerprint density at radius 1 is 0.949 bits per heavy atom. The van der Waals surface area contributed by atoms with Gasteiger partial charge in [-0.1, -0.05) is 71.9 Å². The molecule has 0 N–H and O–H groups in total. The molecule has 4 aromatic rings. The van der Waals surface area contributed by atoms with Gasteiger partial charge in [-0.15, -0.1) is 10.2 Å². The van der Waals surface area contributed by atoms with Gasteiger partial charge in [-0.25, -0.2) is 0 Å². The maximum Gasteiger partial charge on any atom is 0.222 e. The van der Waals surface area contributed by atoms with Crippen molar-refractivity contribution >= 4 is 35.0 Å². The van der Waals surface area contributed by atoms with E-state index in [9.17, 15) is 4.79 Å². The van der Waals surface area contributed by atoms with Gasteiger partial charge in [0.05, 0.1) is 18.5 Å².